The van der Waals surface area contributed by atoms with Crippen LogP contribution in [0.5, 0.6) is 0 Å². The monoisotopic (exact) mass is 357 g/mol. The summed E-state index contributed by atoms with van der Waals surface area (Å²) in [6.45, 7) is 0.269. The number of hydrogen-bond donors (Lipinski definition) is 0. The highest BCUT2D eigenvalue weighted by molar-refractivity contribution is 7.89. The van der Waals surface area contributed by atoms with E-state index in [0.29, 0.717) is 17.9 Å². The van der Waals surface area contributed by atoms with Crippen LogP contribution >= 0.6 is 11.6 Å². The van der Waals surface area contributed by atoms with E-state index in [1.807, 2.05) is 0 Å². The first-order chi connectivity index (χ1) is 10.9. The van der Waals surface area contributed by atoms with Gasteiger partial charge in [-0.25, -0.2) is 17.2 Å². The summed E-state index contributed by atoms with van der Waals surface area (Å²) in [6.07, 6.45) is 1.28. The van der Waals surface area contributed by atoms with Crippen molar-refractivity contribution >= 4 is 21.6 Å². The van der Waals surface area contributed by atoms with Crippen molar-refractivity contribution in [3.63, 3.8) is 0 Å². The van der Waals surface area contributed by atoms with Gasteiger partial charge in [0.15, 0.2) is 0 Å². The lowest BCUT2D eigenvalue weighted by Gasteiger charge is -2.24. The van der Waals surface area contributed by atoms with Crippen LogP contribution in [0.25, 0.3) is 0 Å². The Kier molecular flexibility index (Phi) is 4.40. The molecule has 1 aliphatic heterocycles. The summed E-state index contributed by atoms with van der Waals surface area (Å²) in [5.74, 6) is -1.74. The number of benzene rings is 2. The third-order valence-electron chi connectivity index (χ3n) is 3.94. The second-order valence-electron chi connectivity index (χ2n) is 5.40. The van der Waals surface area contributed by atoms with Crippen LogP contribution in [0.4, 0.5) is 8.78 Å². The maximum Gasteiger partial charge on any atom is 0.246 e. The molecule has 0 bridgehead atoms. The molecule has 2 aromatic carbocycles. The lowest BCUT2D eigenvalue weighted by molar-refractivity contribution is 0.393. The molecule has 1 heterocycles. The van der Waals surface area contributed by atoms with E-state index in [4.69, 9.17) is 11.6 Å². The van der Waals surface area contributed by atoms with Crippen LogP contribution in [0.2, 0.25) is 5.02 Å². The Bertz CT molecular complexity index is 824. The fourth-order valence-corrected chi connectivity index (χ4v) is 4.73. The SMILES string of the molecule is O=S(=O)(c1cc(F)ccc1F)N1CCCC1c1ccc(Cl)cc1. The second kappa shape index (κ2) is 6.19. The molecule has 0 amide bonds. The van der Waals surface area contributed by atoms with E-state index in [2.05, 4.69) is 0 Å². The number of sulfonamides is 1. The first-order valence-corrected chi connectivity index (χ1v) is 8.94. The van der Waals surface area contributed by atoms with Crippen LogP contribution in [0.1, 0.15) is 24.4 Å². The van der Waals surface area contributed by atoms with Gasteiger partial charge in [-0.1, -0.05) is 23.7 Å². The average Bonchev–Trinajstić information content (AvgIpc) is 3.00. The van der Waals surface area contributed by atoms with Gasteiger partial charge >= 0.3 is 0 Å². The van der Waals surface area contributed by atoms with E-state index in [1.54, 1.807) is 24.3 Å². The Hall–Kier alpha value is -1.50. The Morgan fingerprint density at radius 2 is 1.78 bits per heavy atom. The Balaban J connectivity index is 2.01. The summed E-state index contributed by atoms with van der Waals surface area (Å²) in [7, 11) is -4.11. The molecule has 1 aliphatic rings. The average molecular weight is 358 g/mol. The fourth-order valence-electron chi connectivity index (χ4n) is 2.85. The lowest BCUT2D eigenvalue weighted by Crippen LogP contribution is -2.31. The van der Waals surface area contributed by atoms with E-state index in [0.717, 1.165) is 23.8 Å². The molecule has 0 aliphatic carbocycles. The van der Waals surface area contributed by atoms with Crippen molar-refractivity contribution in [3.05, 3.63) is 64.7 Å². The van der Waals surface area contributed by atoms with Gasteiger partial charge in [-0.15, -0.1) is 0 Å². The molecule has 2 aromatic rings. The van der Waals surface area contributed by atoms with Crippen LogP contribution in [-0.4, -0.2) is 19.3 Å². The molecule has 0 saturated carbocycles. The predicted octanol–water partition coefficient (Wildman–Crippen LogP) is 4.14. The molecule has 1 unspecified atom stereocenters. The predicted molar refractivity (Wildman–Crippen MR) is 83.7 cm³/mol. The molecule has 0 spiro atoms. The molecule has 3 nitrogen and oxygen atoms in total. The number of halogens is 3. The van der Waals surface area contributed by atoms with Gasteiger partial charge in [0.2, 0.25) is 10.0 Å². The van der Waals surface area contributed by atoms with Crippen molar-refractivity contribution in [2.24, 2.45) is 0 Å². The van der Waals surface area contributed by atoms with Gasteiger partial charge in [0.05, 0.1) is 6.04 Å². The zero-order valence-electron chi connectivity index (χ0n) is 12.0. The highest BCUT2D eigenvalue weighted by atomic mass is 35.5. The topological polar surface area (TPSA) is 37.4 Å². The zero-order chi connectivity index (χ0) is 16.6. The third-order valence-corrected chi connectivity index (χ3v) is 6.11. The molecule has 1 atom stereocenters. The number of nitrogens with zero attached hydrogens (tertiary/aromatic N) is 1. The van der Waals surface area contributed by atoms with Crippen LogP contribution in [-0.2, 0) is 10.0 Å². The lowest BCUT2D eigenvalue weighted by atomic mass is 10.1. The summed E-state index contributed by atoms with van der Waals surface area (Å²) in [5, 5.41) is 0.553. The molecule has 23 heavy (non-hydrogen) atoms. The molecule has 3 rings (SSSR count). The molecule has 0 N–H and O–H groups in total. The van der Waals surface area contributed by atoms with Crippen molar-refractivity contribution in [1.82, 2.24) is 4.31 Å². The fraction of sp³-hybridized carbons (Fsp3) is 0.250. The van der Waals surface area contributed by atoms with Crippen LogP contribution < -0.4 is 0 Å². The maximum absolute atomic E-state index is 13.9. The number of rotatable bonds is 3. The zero-order valence-corrected chi connectivity index (χ0v) is 13.6. The van der Waals surface area contributed by atoms with E-state index in [-0.39, 0.29) is 6.54 Å². The molecule has 122 valence electrons. The largest absolute Gasteiger partial charge is 0.246 e. The van der Waals surface area contributed by atoms with E-state index in [1.165, 1.54) is 4.31 Å². The van der Waals surface area contributed by atoms with Crippen molar-refractivity contribution in [2.45, 2.75) is 23.8 Å². The van der Waals surface area contributed by atoms with Crippen molar-refractivity contribution < 1.29 is 17.2 Å². The minimum atomic E-state index is -4.11. The molecular weight excluding hydrogens is 344 g/mol. The van der Waals surface area contributed by atoms with Gasteiger partial charge in [0.25, 0.3) is 0 Å². The molecule has 0 aromatic heterocycles. The van der Waals surface area contributed by atoms with Gasteiger partial charge in [-0.3, -0.25) is 0 Å². The van der Waals surface area contributed by atoms with E-state index < -0.39 is 32.6 Å². The van der Waals surface area contributed by atoms with E-state index >= 15 is 0 Å². The van der Waals surface area contributed by atoms with Crippen molar-refractivity contribution in [1.29, 1.82) is 0 Å². The quantitative estimate of drug-likeness (QED) is 0.827. The minimum Gasteiger partial charge on any atom is -0.207 e. The first-order valence-electron chi connectivity index (χ1n) is 7.12. The Labute approximate surface area is 138 Å². The summed E-state index contributed by atoms with van der Waals surface area (Å²) < 4.78 is 54.0. The highest BCUT2D eigenvalue weighted by Gasteiger charge is 2.37. The van der Waals surface area contributed by atoms with Crippen LogP contribution in [0, 0.1) is 11.6 Å². The Morgan fingerprint density at radius 3 is 2.48 bits per heavy atom. The third kappa shape index (κ3) is 3.11. The maximum atomic E-state index is 13.9. The van der Waals surface area contributed by atoms with Gasteiger partial charge in [-0.05, 0) is 48.7 Å². The van der Waals surface area contributed by atoms with Crippen LogP contribution in [0.15, 0.2) is 47.4 Å². The number of hydrogen-bond acceptors (Lipinski definition) is 2. The first kappa shape index (κ1) is 16.4. The highest BCUT2D eigenvalue weighted by Crippen LogP contribution is 2.37. The summed E-state index contributed by atoms with van der Waals surface area (Å²) in [6, 6.07) is 8.92. The second-order valence-corrected chi connectivity index (χ2v) is 7.70. The molecule has 0 radical (unpaired) electrons. The minimum absolute atomic E-state index is 0.269. The van der Waals surface area contributed by atoms with Crippen LogP contribution in [0.3, 0.4) is 0 Å². The smallest absolute Gasteiger partial charge is 0.207 e. The molecular formula is C16H14ClF2NO2S. The van der Waals surface area contributed by atoms with Gasteiger partial charge in [-0.2, -0.15) is 4.31 Å². The van der Waals surface area contributed by atoms with Gasteiger partial charge in [0.1, 0.15) is 16.5 Å². The van der Waals surface area contributed by atoms with Crippen molar-refractivity contribution in [3.8, 4) is 0 Å². The Morgan fingerprint density at radius 1 is 1.09 bits per heavy atom. The molecule has 7 heteroatoms. The summed E-state index contributed by atoms with van der Waals surface area (Å²) >= 11 is 5.86. The normalized spacial score (nSPS) is 19.2. The van der Waals surface area contributed by atoms with E-state index in [9.17, 15) is 17.2 Å². The summed E-state index contributed by atoms with van der Waals surface area (Å²) in [4.78, 5) is -0.627. The van der Waals surface area contributed by atoms with Crippen molar-refractivity contribution in [2.75, 3.05) is 6.54 Å². The van der Waals surface area contributed by atoms with Gasteiger partial charge in [0, 0.05) is 11.6 Å². The summed E-state index contributed by atoms with van der Waals surface area (Å²) in [5.41, 5.74) is 0.785. The molecule has 1 saturated heterocycles. The molecule has 1 fully saturated rings. The standard InChI is InChI=1S/C16H14ClF2NO2S/c17-12-5-3-11(4-6-12)15-2-1-9-20(15)23(21,22)16-10-13(18)7-8-14(16)19/h3-8,10,15H,1-2,9H2. The van der Waals surface area contributed by atoms with Gasteiger partial charge < -0.3 is 0 Å².